The predicted octanol–water partition coefficient (Wildman–Crippen LogP) is 3.50. The van der Waals surface area contributed by atoms with Crippen molar-refractivity contribution in [2.75, 3.05) is 6.61 Å². The maximum absolute atomic E-state index is 9.36. The first kappa shape index (κ1) is 18.4. The second kappa shape index (κ2) is 7.48. The minimum atomic E-state index is -2.52. The molecule has 0 spiro atoms. The Bertz CT molecular complexity index is 786. The summed E-state index contributed by atoms with van der Waals surface area (Å²) in [6, 6.07) is 22.6. The summed E-state index contributed by atoms with van der Waals surface area (Å²) in [5.74, 6) is 0.533. The highest BCUT2D eigenvalue weighted by Crippen LogP contribution is 2.36. The Balaban J connectivity index is 1.99. The number of hydrogen-bond acceptors (Lipinski definition) is 4. The molecule has 0 atom stereocenters. The summed E-state index contributed by atoms with van der Waals surface area (Å²) in [6.07, 6.45) is 0.568. The van der Waals surface area contributed by atoms with Crippen molar-refractivity contribution >= 4 is 18.7 Å². The molecule has 5 heteroatoms. The Kier molecular flexibility index (Phi) is 5.30. The Morgan fingerprint density at radius 3 is 1.92 bits per heavy atom. The molecule has 0 amide bonds. The van der Waals surface area contributed by atoms with Gasteiger partial charge in [0.2, 0.25) is 0 Å². The highest BCUT2D eigenvalue weighted by atomic mass is 28.4. The van der Waals surface area contributed by atoms with E-state index in [1.165, 1.54) is 16.4 Å². The first-order valence-corrected chi connectivity index (χ1v) is 10.7. The molecule has 1 aromatic heterocycles. The molecule has 3 rings (SSSR count). The summed E-state index contributed by atoms with van der Waals surface area (Å²) in [5.41, 5.74) is 0. The Hall–Kier alpha value is -2.37. The number of aromatic hydroxyl groups is 1. The molecule has 0 unspecified atom stereocenters. The van der Waals surface area contributed by atoms with Crippen LogP contribution in [0.5, 0.6) is 5.88 Å². The molecule has 0 saturated heterocycles. The van der Waals surface area contributed by atoms with Gasteiger partial charge < -0.3 is 14.1 Å². The van der Waals surface area contributed by atoms with Crippen LogP contribution in [0.15, 0.2) is 71.3 Å². The van der Waals surface area contributed by atoms with Crippen molar-refractivity contribution in [2.45, 2.75) is 32.2 Å². The van der Waals surface area contributed by atoms with Crippen molar-refractivity contribution in [3.8, 4) is 5.88 Å². The Labute approximate surface area is 155 Å². The zero-order chi connectivity index (χ0) is 18.6. The van der Waals surface area contributed by atoms with Crippen molar-refractivity contribution in [3.05, 3.63) is 72.5 Å². The lowest BCUT2D eigenvalue weighted by molar-refractivity contribution is 0.277. The SMILES string of the molecule is CC(C)(C)[Si](OCCc1cc(O)no1)(c1ccccc1)c1ccccc1. The fourth-order valence-electron chi connectivity index (χ4n) is 3.49. The predicted molar refractivity (Wildman–Crippen MR) is 105 cm³/mol. The molecular weight excluding hydrogens is 342 g/mol. The van der Waals surface area contributed by atoms with Crippen molar-refractivity contribution in [1.82, 2.24) is 5.16 Å². The van der Waals surface area contributed by atoms with Crippen LogP contribution in [0.3, 0.4) is 0 Å². The monoisotopic (exact) mass is 367 g/mol. The zero-order valence-corrected chi connectivity index (χ0v) is 16.5. The van der Waals surface area contributed by atoms with E-state index in [0.29, 0.717) is 18.8 Å². The van der Waals surface area contributed by atoms with Gasteiger partial charge >= 0.3 is 0 Å². The molecule has 0 fully saturated rings. The van der Waals surface area contributed by atoms with Crippen LogP contribution in [0.1, 0.15) is 26.5 Å². The van der Waals surface area contributed by atoms with Crippen LogP contribution >= 0.6 is 0 Å². The lowest BCUT2D eigenvalue weighted by atomic mass is 10.2. The van der Waals surface area contributed by atoms with Gasteiger partial charge in [-0.05, 0) is 20.6 Å². The fourth-order valence-corrected chi connectivity index (χ4v) is 8.05. The van der Waals surface area contributed by atoms with Crippen LogP contribution in [-0.4, -0.2) is 25.2 Å². The molecule has 4 nitrogen and oxygen atoms in total. The first-order valence-electron chi connectivity index (χ1n) is 8.83. The Morgan fingerprint density at radius 2 is 1.50 bits per heavy atom. The average molecular weight is 368 g/mol. The molecule has 3 aromatic rings. The van der Waals surface area contributed by atoms with Gasteiger partial charge in [-0.15, -0.1) is 0 Å². The second-order valence-corrected chi connectivity index (χ2v) is 11.7. The van der Waals surface area contributed by atoms with Gasteiger partial charge in [-0.25, -0.2) is 0 Å². The van der Waals surface area contributed by atoms with Gasteiger partial charge in [0.1, 0.15) is 5.76 Å². The van der Waals surface area contributed by atoms with E-state index in [2.05, 4.69) is 74.5 Å². The smallest absolute Gasteiger partial charge is 0.261 e. The number of benzene rings is 2. The topological polar surface area (TPSA) is 55.5 Å². The van der Waals surface area contributed by atoms with E-state index in [4.69, 9.17) is 8.95 Å². The summed E-state index contributed by atoms with van der Waals surface area (Å²) < 4.78 is 11.9. The molecule has 136 valence electrons. The van der Waals surface area contributed by atoms with Crippen LogP contribution in [0.2, 0.25) is 5.04 Å². The van der Waals surface area contributed by atoms with Crippen molar-refractivity contribution < 1.29 is 14.1 Å². The minimum Gasteiger partial charge on any atom is -0.491 e. The van der Waals surface area contributed by atoms with Gasteiger partial charge in [-0.3, -0.25) is 0 Å². The molecular formula is C21H25NO3Si. The summed E-state index contributed by atoms with van der Waals surface area (Å²) in [4.78, 5) is 0. The van der Waals surface area contributed by atoms with Gasteiger partial charge in [0.25, 0.3) is 14.2 Å². The van der Waals surface area contributed by atoms with Crippen LogP contribution in [0.4, 0.5) is 0 Å². The van der Waals surface area contributed by atoms with E-state index in [1.807, 2.05) is 12.1 Å². The summed E-state index contributed by atoms with van der Waals surface area (Å²) in [5, 5.41) is 15.3. The molecule has 0 radical (unpaired) electrons. The van der Waals surface area contributed by atoms with Crippen LogP contribution in [0.25, 0.3) is 0 Å². The van der Waals surface area contributed by atoms with Gasteiger partial charge in [0, 0.05) is 19.1 Å². The van der Waals surface area contributed by atoms with E-state index in [1.54, 1.807) is 0 Å². The second-order valence-electron chi connectivity index (χ2n) is 7.41. The van der Waals surface area contributed by atoms with E-state index >= 15 is 0 Å². The maximum Gasteiger partial charge on any atom is 0.261 e. The highest BCUT2D eigenvalue weighted by molar-refractivity contribution is 6.99. The fraction of sp³-hybridized carbons (Fsp3) is 0.286. The Morgan fingerprint density at radius 1 is 0.962 bits per heavy atom. The van der Waals surface area contributed by atoms with Gasteiger partial charge in [-0.2, -0.15) is 0 Å². The van der Waals surface area contributed by atoms with E-state index < -0.39 is 8.32 Å². The normalized spacial score (nSPS) is 12.3. The summed E-state index contributed by atoms with van der Waals surface area (Å²) in [6.45, 7) is 7.25. The molecule has 0 aliphatic rings. The van der Waals surface area contributed by atoms with E-state index in [-0.39, 0.29) is 10.9 Å². The molecule has 0 aliphatic carbocycles. The van der Waals surface area contributed by atoms with Crippen molar-refractivity contribution in [3.63, 3.8) is 0 Å². The molecule has 0 bridgehead atoms. The van der Waals surface area contributed by atoms with Gasteiger partial charge in [-0.1, -0.05) is 81.4 Å². The molecule has 1 N–H and O–H groups in total. The molecule has 1 heterocycles. The summed E-state index contributed by atoms with van der Waals surface area (Å²) >= 11 is 0. The zero-order valence-electron chi connectivity index (χ0n) is 15.5. The number of aromatic nitrogens is 1. The molecule has 0 saturated carbocycles. The van der Waals surface area contributed by atoms with Crippen molar-refractivity contribution in [2.24, 2.45) is 0 Å². The lowest BCUT2D eigenvalue weighted by Gasteiger charge is -2.43. The van der Waals surface area contributed by atoms with E-state index in [9.17, 15) is 5.11 Å². The highest BCUT2D eigenvalue weighted by Gasteiger charge is 2.49. The van der Waals surface area contributed by atoms with Crippen LogP contribution in [0, 0.1) is 0 Å². The van der Waals surface area contributed by atoms with Crippen LogP contribution < -0.4 is 10.4 Å². The lowest BCUT2D eigenvalue weighted by Crippen LogP contribution is -2.66. The third-order valence-electron chi connectivity index (χ3n) is 4.63. The quantitative estimate of drug-likeness (QED) is 0.678. The molecule has 2 aromatic carbocycles. The standard InChI is InChI=1S/C21H25NO3Si/c1-21(2,3)26(18-10-6-4-7-11-18,19-12-8-5-9-13-19)24-15-14-17-16-20(23)22-25-17/h4-13,16H,14-15H2,1-3H3,(H,22,23). The van der Waals surface area contributed by atoms with E-state index in [0.717, 1.165) is 0 Å². The number of rotatable bonds is 6. The maximum atomic E-state index is 9.36. The van der Waals surface area contributed by atoms with Gasteiger partial charge in [0.05, 0.1) is 0 Å². The van der Waals surface area contributed by atoms with Crippen molar-refractivity contribution in [1.29, 1.82) is 0 Å². The molecule has 0 aliphatic heterocycles. The summed E-state index contributed by atoms with van der Waals surface area (Å²) in [7, 11) is -2.52. The minimum absolute atomic E-state index is 0.0563. The number of nitrogens with zero attached hydrogens (tertiary/aromatic N) is 1. The average Bonchev–Trinajstić information content (AvgIpc) is 3.04. The van der Waals surface area contributed by atoms with Crippen LogP contribution in [-0.2, 0) is 10.8 Å². The largest absolute Gasteiger partial charge is 0.491 e. The first-order chi connectivity index (χ1) is 12.4. The third kappa shape index (κ3) is 3.59. The third-order valence-corrected chi connectivity index (χ3v) is 9.67. The number of hydrogen-bond donors (Lipinski definition) is 1. The molecule has 26 heavy (non-hydrogen) atoms. The van der Waals surface area contributed by atoms with Gasteiger partial charge in [0.15, 0.2) is 0 Å².